The summed E-state index contributed by atoms with van der Waals surface area (Å²) in [6, 6.07) is 13.3. The lowest BCUT2D eigenvalue weighted by Gasteiger charge is -2.37. The van der Waals surface area contributed by atoms with Crippen molar-refractivity contribution in [3.8, 4) is 0 Å². The molecule has 0 unspecified atom stereocenters. The summed E-state index contributed by atoms with van der Waals surface area (Å²) in [6.45, 7) is 0.511. The molecule has 3 rings (SSSR count). The molecule has 0 aromatic heterocycles. The van der Waals surface area contributed by atoms with Crippen molar-refractivity contribution in [1.82, 2.24) is 5.32 Å². The van der Waals surface area contributed by atoms with Gasteiger partial charge < -0.3 is 5.32 Å². The van der Waals surface area contributed by atoms with Crippen LogP contribution in [0.25, 0.3) is 0 Å². The summed E-state index contributed by atoms with van der Waals surface area (Å²) in [4.78, 5) is 12.3. The Morgan fingerprint density at radius 3 is 2.40 bits per heavy atom. The second-order valence-corrected chi connectivity index (χ2v) is 7.03. The molecule has 1 N–H and O–H groups in total. The van der Waals surface area contributed by atoms with Crippen LogP contribution in [-0.2, 0) is 6.42 Å². The molecule has 0 saturated heterocycles. The topological polar surface area (TPSA) is 29.1 Å². The van der Waals surface area contributed by atoms with Gasteiger partial charge in [-0.25, -0.2) is 8.78 Å². The van der Waals surface area contributed by atoms with Crippen molar-refractivity contribution in [3.05, 3.63) is 71.3 Å². The SMILES string of the molecule is O=C(NCC1(Cc2ccccc2)CCCCC1)c1ccc(F)cc1F. The Morgan fingerprint density at radius 1 is 1.00 bits per heavy atom. The summed E-state index contributed by atoms with van der Waals surface area (Å²) < 4.78 is 26.8. The number of halogens is 2. The molecule has 2 aromatic rings. The molecule has 0 bridgehead atoms. The molecule has 0 atom stereocenters. The zero-order chi connectivity index (χ0) is 17.7. The van der Waals surface area contributed by atoms with Crippen molar-refractivity contribution < 1.29 is 13.6 Å². The largest absolute Gasteiger partial charge is 0.351 e. The number of benzene rings is 2. The molecule has 4 heteroatoms. The summed E-state index contributed by atoms with van der Waals surface area (Å²) in [5, 5.41) is 2.89. The first-order valence-corrected chi connectivity index (χ1v) is 8.85. The van der Waals surface area contributed by atoms with Crippen LogP contribution >= 0.6 is 0 Å². The van der Waals surface area contributed by atoms with Gasteiger partial charge in [0, 0.05) is 12.6 Å². The first kappa shape index (κ1) is 17.6. The van der Waals surface area contributed by atoms with Crippen LogP contribution in [0, 0.1) is 17.0 Å². The van der Waals surface area contributed by atoms with Gasteiger partial charge in [0.15, 0.2) is 0 Å². The summed E-state index contributed by atoms with van der Waals surface area (Å²) >= 11 is 0. The van der Waals surface area contributed by atoms with Gasteiger partial charge in [-0.2, -0.15) is 0 Å². The maximum atomic E-state index is 13.8. The van der Waals surface area contributed by atoms with Crippen molar-refractivity contribution in [2.24, 2.45) is 5.41 Å². The van der Waals surface area contributed by atoms with E-state index in [0.29, 0.717) is 6.54 Å². The highest BCUT2D eigenvalue weighted by molar-refractivity contribution is 5.94. The lowest BCUT2D eigenvalue weighted by atomic mass is 9.70. The molecule has 132 valence electrons. The molecular weight excluding hydrogens is 320 g/mol. The van der Waals surface area contributed by atoms with Crippen LogP contribution < -0.4 is 5.32 Å². The quantitative estimate of drug-likeness (QED) is 0.823. The molecule has 0 heterocycles. The number of hydrogen-bond donors (Lipinski definition) is 1. The zero-order valence-corrected chi connectivity index (χ0v) is 14.2. The van der Waals surface area contributed by atoms with Gasteiger partial charge in [0.1, 0.15) is 11.6 Å². The van der Waals surface area contributed by atoms with E-state index in [-0.39, 0.29) is 11.0 Å². The van der Waals surface area contributed by atoms with E-state index in [2.05, 4.69) is 17.4 Å². The van der Waals surface area contributed by atoms with Crippen LogP contribution in [0.3, 0.4) is 0 Å². The number of carbonyl (C=O) groups is 1. The van der Waals surface area contributed by atoms with Crippen molar-refractivity contribution in [1.29, 1.82) is 0 Å². The smallest absolute Gasteiger partial charge is 0.254 e. The number of carbonyl (C=O) groups excluding carboxylic acids is 1. The van der Waals surface area contributed by atoms with E-state index >= 15 is 0 Å². The van der Waals surface area contributed by atoms with Gasteiger partial charge in [-0.05, 0) is 42.4 Å². The van der Waals surface area contributed by atoms with Crippen molar-refractivity contribution in [3.63, 3.8) is 0 Å². The highest BCUT2D eigenvalue weighted by Gasteiger charge is 2.32. The van der Waals surface area contributed by atoms with Gasteiger partial charge in [0.2, 0.25) is 0 Å². The fourth-order valence-electron chi connectivity index (χ4n) is 3.78. The maximum absolute atomic E-state index is 13.8. The molecule has 1 aliphatic rings. The van der Waals surface area contributed by atoms with Crippen molar-refractivity contribution in [2.75, 3.05) is 6.54 Å². The Morgan fingerprint density at radius 2 is 1.72 bits per heavy atom. The molecular formula is C21H23F2NO. The highest BCUT2D eigenvalue weighted by Crippen LogP contribution is 2.38. The lowest BCUT2D eigenvalue weighted by Crippen LogP contribution is -2.40. The minimum absolute atomic E-state index is 0.00572. The fraction of sp³-hybridized carbons (Fsp3) is 0.381. The minimum atomic E-state index is -0.821. The van der Waals surface area contributed by atoms with Gasteiger partial charge in [-0.3, -0.25) is 4.79 Å². The molecule has 1 amide bonds. The number of nitrogens with one attached hydrogen (secondary N) is 1. The third-order valence-corrected chi connectivity index (χ3v) is 5.14. The molecule has 2 nitrogen and oxygen atoms in total. The third kappa shape index (κ3) is 4.44. The normalized spacial score (nSPS) is 16.4. The molecule has 1 fully saturated rings. The average Bonchev–Trinajstić information content (AvgIpc) is 2.61. The van der Waals surface area contributed by atoms with Gasteiger partial charge in [0.05, 0.1) is 5.56 Å². The van der Waals surface area contributed by atoms with Gasteiger partial charge in [0.25, 0.3) is 5.91 Å². The predicted molar refractivity (Wildman–Crippen MR) is 94.4 cm³/mol. The van der Waals surface area contributed by atoms with E-state index in [0.717, 1.165) is 44.2 Å². The maximum Gasteiger partial charge on any atom is 0.254 e. The first-order chi connectivity index (χ1) is 12.1. The summed E-state index contributed by atoms with van der Waals surface area (Å²) in [5.74, 6) is -1.98. The monoisotopic (exact) mass is 343 g/mol. The third-order valence-electron chi connectivity index (χ3n) is 5.14. The van der Waals surface area contributed by atoms with Crippen LogP contribution in [0.1, 0.15) is 48.0 Å². The molecule has 0 aliphatic heterocycles. The van der Waals surface area contributed by atoms with E-state index in [1.165, 1.54) is 18.1 Å². The number of amides is 1. The van der Waals surface area contributed by atoms with Crippen LogP contribution in [0.15, 0.2) is 48.5 Å². The second kappa shape index (κ2) is 7.77. The Hall–Kier alpha value is -2.23. The lowest BCUT2D eigenvalue weighted by molar-refractivity contribution is 0.0904. The number of rotatable bonds is 5. The Kier molecular flexibility index (Phi) is 5.47. The Bertz CT molecular complexity index is 724. The molecule has 2 aromatic carbocycles. The molecule has 0 spiro atoms. The van der Waals surface area contributed by atoms with Crippen LogP contribution in [0.2, 0.25) is 0 Å². The van der Waals surface area contributed by atoms with Crippen LogP contribution in [-0.4, -0.2) is 12.5 Å². The summed E-state index contributed by atoms with van der Waals surface area (Å²) in [6.07, 6.45) is 6.51. The Labute approximate surface area is 147 Å². The predicted octanol–water partition coefficient (Wildman–Crippen LogP) is 4.89. The van der Waals surface area contributed by atoms with E-state index in [4.69, 9.17) is 0 Å². The first-order valence-electron chi connectivity index (χ1n) is 8.85. The van der Waals surface area contributed by atoms with E-state index < -0.39 is 17.5 Å². The number of hydrogen-bond acceptors (Lipinski definition) is 1. The molecule has 0 radical (unpaired) electrons. The second-order valence-electron chi connectivity index (χ2n) is 7.03. The average molecular weight is 343 g/mol. The van der Waals surface area contributed by atoms with Crippen molar-refractivity contribution >= 4 is 5.91 Å². The van der Waals surface area contributed by atoms with Gasteiger partial charge in [-0.1, -0.05) is 49.6 Å². The van der Waals surface area contributed by atoms with Crippen LogP contribution in [0.4, 0.5) is 8.78 Å². The summed E-state index contributed by atoms with van der Waals surface area (Å²) in [5.41, 5.74) is 1.16. The highest BCUT2D eigenvalue weighted by atomic mass is 19.1. The Balaban J connectivity index is 1.71. The summed E-state index contributed by atoms with van der Waals surface area (Å²) in [7, 11) is 0. The zero-order valence-electron chi connectivity index (χ0n) is 14.2. The minimum Gasteiger partial charge on any atom is -0.351 e. The molecule has 1 aliphatic carbocycles. The molecule has 1 saturated carbocycles. The van der Waals surface area contributed by atoms with E-state index in [1.807, 2.05) is 18.2 Å². The fourth-order valence-corrected chi connectivity index (χ4v) is 3.78. The van der Waals surface area contributed by atoms with Gasteiger partial charge in [-0.15, -0.1) is 0 Å². The standard InChI is InChI=1S/C21H23F2NO/c22-17-9-10-18(19(23)13-17)20(25)24-15-21(11-5-2-6-12-21)14-16-7-3-1-4-8-16/h1,3-4,7-10,13H,2,5-6,11-12,14-15H2,(H,24,25). The van der Waals surface area contributed by atoms with Crippen molar-refractivity contribution in [2.45, 2.75) is 38.5 Å². The van der Waals surface area contributed by atoms with Crippen LogP contribution in [0.5, 0.6) is 0 Å². The van der Waals surface area contributed by atoms with E-state index in [1.54, 1.807) is 0 Å². The van der Waals surface area contributed by atoms with E-state index in [9.17, 15) is 13.6 Å². The van der Waals surface area contributed by atoms with Gasteiger partial charge >= 0.3 is 0 Å². The molecule has 25 heavy (non-hydrogen) atoms.